The molecule has 0 bridgehead atoms. The molecule has 1 fully saturated rings. The van der Waals surface area contributed by atoms with E-state index in [2.05, 4.69) is 36.9 Å². The number of rotatable bonds is 8. The number of para-hydroxylation sites is 1. The van der Waals surface area contributed by atoms with Crippen molar-refractivity contribution in [1.29, 1.82) is 0 Å². The minimum absolute atomic E-state index is 0.0561. The molecule has 0 aliphatic carbocycles. The molecule has 10 nitrogen and oxygen atoms in total. The van der Waals surface area contributed by atoms with Crippen molar-refractivity contribution in [2.24, 2.45) is 0 Å². The molecule has 0 saturated carbocycles. The predicted molar refractivity (Wildman–Crippen MR) is 143 cm³/mol. The molecule has 5 rings (SSSR count). The molecule has 1 aliphatic rings. The first kappa shape index (κ1) is 24.4. The van der Waals surface area contributed by atoms with Crippen LogP contribution in [-0.4, -0.2) is 68.6 Å². The highest BCUT2D eigenvalue weighted by atomic mass is 32.1. The predicted octanol–water partition coefficient (Wildman–Crippen LogP) is 3.20. The van der Waals surface area contributed by atoms with E-state index in [1.807, 2.05) is 41.8 Å². The summed E-state index contributed by atoms with van der Waals surface area (Å²) in [5.41, 5.74) is 1.94. The van der Waals surface area contributed by atoms with Gasteiger partial charge in [-0.05, 0) is 47.0 Å². The fraction of sp³-hybridized carbons (Fsp3) is 0.269. The van der Waals surface area contributed by atoms with Crippen molar-refractivity contribution in [2.75, 3.05) is 36.4 Å². The molecule has 3 aromatic heterocycles. The highest BCUT2D eigenvalue weighted by Crippen LogP contribution is 2.22. The molecule has 2 N–H and O–H groups in total. The molecule has 1 aromatic carbocycles. The Balaban J connectivity index is 1.29. The lowest BCUT2D eigenvalue weighted by atomic mass is 10.1. The van der Waals surface area contributed by atoms with Gasteiger partial charge in [0.1, 0.15) is 12.1 Å². The summed E-state index contributed by atoms with van der Waals surface area (Å²) in [4.78, 5) is 42.9. The van der Waals surface area contributed by atoms with Crippen LogP contribution in [0.15, 0.2) is 78.1 Å². The van der Waals surface area contributed by atoms with Gasteiger partial charge in [0.25, 0.3) is 0 Å². The molecule has 4 aromatic rings. The highest BCUT2D eigenvalue weighted by Gasteiger charge is 2.32. The molecule has 190 valence electrons. The van der Waals surface area contributed by atoms with Crippen molar-refractivity contribution < 1.29 is 9.59 Å². The Kier molecular flexibility index (Phi) is 7.70. The lowest BCUT2D eigenvalue weighted by molar-refractivity contribution is -0.121. The molecule has 3 amide bonds. The summed E-state index contributed by atoms with van der Waals surface area (Å²) in [6.45, 7) is 1.99. The van der Waals surface area contributed by atoms with Crippen LogP contribution in [0, 0.1) is 0 Å². The number of carbonyl (C=O) groups is 2. The summed E-state index contributed by atoms with van der Waals surface area (Å²) in [5, 5.41) is 10.1. The lowest BCUT2D eigenvalue weighted by Gasteiger charge is -2.41. The zero-order chi connectivity index (χ0) is 25.5. The topological polar surface area (TPSA) is 108 Å². The summed E-state index contributed by atoms with van der Waals surface area (Å²) in [7, 11) is 0. The molecular weight excluding hydrogens is 488 g/mol. The van der Waals surface area contributed by atoms with Crippen molar-refractivity contribution in [3.05, 3.63) is 83.7 Å². The van der Waals surface area contributed by atoms with Gasteiger partial charge in [0.15, 0.2) is 0 Å². The molecule has 1 unspecified atom stereocenters. The van der Waals surface area contributed by atoms with Gasteiger partial charge in [-0.25, -0.2) is 14.8 Å². The van der Waals surface area contributed by atoms with Crippen LogP contribution in [0.5, 0.6) is 0 Å². The van der Waals surface area contributed by atoms with Gasteiger partial charge in [-0.1, -0.05) is 18.2 Å². The fourth-order valence-corrected chi connectivity index (χ4v) is 5.01. The van der Waals surface area contributed by atoms with E-state index in [4.69, 9.17) is 4.98 Å². The largest absolute Gasteiger partial charge is 0.356 e. The zero-order valence-corrected chi connectivity index (χ0v) is 21.1. The first-order valence-electron chi connectivity index (χ1n) is 12.1. The van der Waals surface area contributed by atoms with Gasteiger partial charge in [-0.2, -0.15) is 16.3 Å². The Labute approximate surface area is 219 Å². The average molecular weight is 517 g/mol. The van der Waals surface area contributed by atoms with Gasteiger partial charge in [0.05, 0.1) is 6.04 Å². The number of hydrogen-bond donors (Lipinski definition) is 2. The third-order valence-corrected chi connectivity index (χ3v) is 6.92. The van der Waals surface area contributed by atoms with Gasteiger partial charge in [-0.3, -0.25) is 9.36 Å². The minimum Gasteiger partial charge on any atom is -0.356 e. The Hall–Kier alpha value is -4.25. The van der Waals surface area contributed by atoms with E-state index in [1.54, 1.807) is 45.7 Å². The number of thiophene rings is 1. The van der Waals surface area contributed by atoms with Crippen LogP contribution in [0.4, 0.5) is 16.3 Å². The molecular formula is C26H28N8O2S. The molecule has 0 spiro atoms. The van der Waals surface area contributed by atoms with Crippen molar-refractivity contribution in [3.63, 3.8) is 0 Å². The summed E-state index contributed by atoms with van der Waals surface area (Å²) in [6, 6.07) is 12.8. The van der Waals surface area contributed by atoms with Gasteiger partial charge in [-0.15, -0.1) is 0 Å². The van der Waals surface area contributed by atoms with E-state index in [1.165, 1.54) is 5.56 Å². The van der Waals surface area contributed by atoms with Crippen LogP contribution in [0.3, 0.4) is 0 Å². The summed E-state index contributed by atoms with van der Waals surface area (Å²) >= 11 is 1.65. The second kappa shape index (κ2) is 11.7. The van der Waals surface area contributed by atoms with Gasteiger partial charge >= 0.3 is 6.03 Å². The van der Waals surface area contributed by atoms with Crippen LogP contribution in [0.1, 0.15) is 12.0 Å². The number of benzene rings is 1. The monoisotopic (exact) mass is 516 g/mol. The molecule has 1 aliphatic heterocycles. The van der Waals surface area contributed by atoms with Crippen molar-refractivity contribution >= 4 is 34.8 Å². The Morgan fingerprint density at radius 3 is 2.76 bits per heavy atom. The summed E-state index contributed by atoms with van der Waals surface area (Å²) < 4.78 is 1.74. The van der Waals surface area contributed by atoms with Crippen molar-refractivity contribution in [3.8, 4) is 5.95 Å². The Morgan fingerprint density at radius 1 is 1.08 bits per heavy atom. The summed E-state index contributed by atoms with van der Waals surface area (Å²) in [6.07, 6.45) is 7.82. The maximum absolute atomic E-state index is 13.0. The number of imidazole rings is 1. The Morgan fingerprint density at radius 2 is 1.97 bits per heavy atom. The molecule has 37 heavy (non-hydrogen) atoms. The number of nitrogens with one attached hydrogen (secondary N) is 2. The van der Waals surface area contributed by atoms with Crippen molar-refractivity contribution in [1.82, 2.24) is 29.7 Å². The third-order valence-electron chi connectivity index (χ3n) is 6.19. The van der Waals surface area contributed by atoms with Crippen LogP contribution >= 0.6 is 11.3 Å². The normalized spacial score (nSPS) is 15.4. The van der Waals surface area contributed by atoms with E-state index < -0.39 is 0 Å². The van der Waals surface area contributed by atoms with Gasteiger partial charge < -0.3 is 20.4 Å². The van der Waals surface area contributed by atoms with Crippen LogP contribution < -0.4 is 15.5 Å². The molecule has 11 heteroatoms. The van der Waals surface area contributed by atoms with Crippen LogP contribution in [0.2, 0.25) is 0 Å². The first-order chi connectivity index (χ1) is 18.2. The minimum atomic E-state index is -0.248. The number of aromatic nitrogens is 4. The fourth-order valence-electron chi connectivity index (χ4n) is 4.31. The maximum Gasteiger partial charge on any atom is 0.321 e. The second-order valence-corrected chi connectivity index (χ2v) is 9.49. The quantitative estimate of drug-likeness (QED) is 0.372. The number of urea groups is 1. The van der Waals surface area contributed by atoms with E-state index in [-0.39, 0.29) is 24.4 Å². The second-order valence-electron chi connectivity index (χ2n) is 8.71. The first-order valence-corrected chi connectivity index (χ1v) is 13.1. The number of hydrogen-bond acceptors (Lipinski definition) is 7. The number of amides is 3. The highest BCUT2D eigenvalue weighted by molar-refractivity contribution is 7.07. The Bertz CT molecular complexity index is 1300. The van der Waals surface area contributed by atoms with E-state index in [0.29, 0.717) is 37.9 Å². The van der Waals surface area contributed by atoms with Crippen LogP contribution in [0.25, 0.3) is 5.95 Å². The van der Waals surface area contributed by atoms with E-state index in [9.17, 15) is 9.59 Å². The SMILES string of the molecule is O=C(CC1CN(C(=O)Nc2ccccc2)CCN1c1ccnc(-n2ccnc2)n1)NCCc1ccsc1. The third kappa shape index (κ3) is 6.31. The van der Waals surface area contributed by atoms with Gasteiger partial charge in [0.2, 0.25) is 11.9 Å². The van der Waals surface area contributed by atoms with E-state index >= 15 is 0 Å². The number of anilines is 2. The number of nitrogens with zero attached hydrogens (tertiary/aromatic N) is 6. The zero-order valence-electron chi connectivity index (χ0n) is 20.2. The maximum atomic E-state index is 13.0. The molecule has 4 heterocycles. The van der Waals surface area contributed by atoms with Crippen LogP contribution in [-0.2, 0) is 11.2 Å². The van der Waals surface area contributed by atoms with Crippen molar-refractivity contribution in [2.45, 2.75) is 18.9 Å². The smallest absolute Gasteiger partial charge is 0.321 e. The van der Waals surface area contributed by atoms with E-state index in [0.717, 1.165) is 12.1 Å². The molecule has 0 radical (unpaired) electrons. The van der Waals surface area contributed by atoms with Gasteiger partial charge in [0, 0.05) is 56.9 Å². The molecule has 1 atom stereocenters. The lowest BCUT2D eigenvalue weighted by Crippen LogP contribution is -2.57. The standard InChI is InChI=1S/C26H28N8O2S/c35-24(28-9-6-20-8-15-37-18-20)16-22-17-32(26(36)30-21-4-2-1-3-5-21)13-14-34(22)23-7-10-29-25(31-23)33-12-11-27-19-33/h1-5,7-8,10-12,15,18-19,22H,6,9,13-14,16-17H2,(H,28,35)(H,30,36). The summed E-state index contributed by atoms with van der Waals surface area (Å²) in [5.74, 6) is 1.15. The number of piperazine rings is 1. The molecule has 1 saturated heterocycles. The average Bonchev–Trinajstić information content (AvgIpc) is 3.64. The number of carbonyl (C=O) groups excluding carboxylic acids is 2.